The van der Waals surface area contributed by atoms with Crippen LogP contribution < -0.4 is 11.1 Å². The fraction of sp³-hybridized carbons (Fsp3) is 0.438. The van der Waals surface area contributed by atoms with Crippen molar-refractivity contribution in [3.8, 4) is 0 Å². The van der Waals surface area contributed by atoms with Crippen LogP contribution in [0.25, 0.3) is 10.9 Å². The van der Waals surface area contributed by atoms with Crippen LogP contribution >= 0.6 is 0 Å². The molecule has 21 heavy (non-hydrogen) atoms. The molecule has 0 fully saturated rings. The smallest absolute Gasteiger partial charge is 0.407 e. The minimum Gasteiger partial charge on any atom is -0.444 e. The van der Waals surface area contributed by atoms with Gasteiger partial charge in [-0.15, -0.1) is 0 Å². The molecule has 0 saturated carbocycles. The predicted octanol–water partition coefficient (Wildman–Crippen LogP) is 2.70. The van der Waals surface area contributed by atoms with Crippen LogP contribution in [0.15, 0.2) is 30.3 Å². The van der Waals surface area contributed by atoms with E-state index in [0.29, 0.717) is 6.54 Å². The highest BCUT2D eigenvalue weighted by Gasteiger charge is 2.18. The third-order valence-electron chi connectivity index (χ3n) is 3.23. The van der Waals surface area contributed by atoms with Gasteiger partial charge in [-0.05, 0) is 38.3 Å². The third kappa shape index (κ3) is 3.76. The summed E-state index contributed by atoms with van der Waals surface area (Å²) in [6.07, 6.45) is -0.447. The molecule has 0 radical (unpaired) electrons. The van der Waals surface area contributed by atoms with Gasteiger partial charge >= 0.3 is 6.09 Å². The topological polar surface area (TPSA) is 69.3 Å². The maximum Gasteiger partial charge on any atom is 0.407 e. The highest BCUT2D eigenvalue weighted by Crippen LogP contribution is 2.21. The van der Waals surface area contributed by atoms with Crippen molar-refractivity contribution in [1.82, 2.24) is 9.88 Å². The van der Waals surface area contributed by atoms with Crippen LogP contribution in [0, 0.1) is 0 Å². The minimum atomic E-state index is -0.506. The SMILES string of the molecule is Cn1c(C(N)CNC(=O)OC(C)(C)C)cc2ccccc21. The lowest BCUT2D eigenvalue weighted by atomic mass is 10.2. The Morgan fingerprint density at radius 2 is 2.05 bits per heavy atom. The quantitative estimate of drug-likeness (QED) is 0.912. The number of hydrogen-bond acceptors (Lipinski definition) is 3. The highest BCUT2D eigenvalue weighted by atomic mass is 16.6. The third-order valence-corrected chi connectivity index (χ3v) is 3.23. The Morgan fingerprint density at radius 1 is 1.38 bits per heavy atom. The second kappa shape index (κ2) is 5.77. The zero-order valence-electron chi connectivity index (χ0n) is 13.0. The van der Waals surface area contributed by atoms with Gasteiger partial charge in [0.15, 0.2) is 0 Å². The van der Waals surface area contributed by atoms with Crippen molar-refractivity contribution < 1.29 is 9.53 Å². The number of nitrogens with zero attached hydrogens (tertiary/aromatic N) is 1. The first kappa shape index (κ1) is 15.4. The Balaban J connectivity index is 2.04. The van der Waals surface area contributed by atoms with E-state index in [1.54, 1.807) is 0 Å². The summed E-state index contributed by atoms with van der Waals surface area (Å²) in [7, 11) is 1.98. The van der Waals surface area contributed by atoms with Gasteiger partial charge in [-0.25, -0.2) is 4.79 Å². The molecule has 0 aliphatic carbocycles. The van der Waals surface area contributed by atoms with E-state index < -0.39 is 11.7 Å². The van der Waals surface area contributed by atoms with Gasteiger partial charge in [0.05, 0.1) is 6.04 Å². The molecule has 3 N–H and O–H groups in total. The molecule has 114 valence electrons. The van der Waals surface area contributed by atoms with E-state index in [4.69, 9.17) is 10.5 Å². The van der Waals surface area contributed by atoms with Crippen LogP contribution in [0.2, 0.25) is 0 Å². The van der Waals surface area contributed by atoms with Gasteiger partial charge in [0.1, 0.15) is 5.60 Å². The van der Waals surface area contributed by atoms with Crippen molar-refractivity contribution in [3.63, 3.8) is 0 Å². The molecule has 0 aliphatic rings. The zero-order chi connectivity index (χ0) is 15.6. The van der Waals surface area contributed by atoms with E-state index in [0.717, 1.165) is 16.6 Å². The summed E-state index contributed by atoms with van der Waals surface area (Å²) in [4.78, 5) is 11.7. The van der Waals surface area contributed by atoms with Gasteiger partial charge in [0.2, 0.25) is 0 Å². The van der Waals surface area contributed by atoms with Gasteiger partial charge in [-0.2, -0.15) is 0 Å². The van der Waals surface area contributed by atoms with Crippen molar-refractivity contribution >= 4 is 17.0 Å². The van der Waals surface area contributed by atoms with Crippen molar-refractivity contribution in [1.29, 1.82) is 0 Å². The van der Waals surface area contributed by atoms with E-state index in [9.17, 15) is 4.79 Å². The molecule has 5 nitrogen and oxygen atoms in total. The second-order valence-corrected chi connectivity index (χ2v) is 6.18. The van der Waals surface area contributed by atoms with E-state index in [2.05, 4.69) is 16.0 Å². The lowest BCUT2D eigenvalue weighted by Gasteiger charge is -2.21. The Kier molecular flexibility index (Phi) is 4.23. The molecule has 5 heteroatoms. The molecule has 1 amide bonds. The van der Waals surface area contributed by atoms with E-state index >= 15 is 0 Å². The van der Waals surface area contributed by atoms with E-state index in [1.165, 1.54) is 0 Å². The van der Waals surface area contributed by atoms with E-state index in [-0.39, 0.29) is 6.04 Å². The number of aromatic nitrogens is 1. The van der Waals surface area contributed by atoms with Crippen LogP contribution in [-0.2, 0) is 11.8 Å². The molecule has 0 bridgehead atoms. The molecule has 1 aromatic heterocycles. The fourth-order valence-electron chi connectivity index (χ4n) is 2.28. The molecule has 0 spiro atoms. The van der Waals surface area contributed by atoms with Crippen LogP contribution in [0.1, 0.15) is 32.5 Å². The Bertz CT molecular complexity index is 640. The molecule has 2 aromatic rings. The average Bonchev–Trinajstić information content (AvgIpc) is 2.72. The summed E-state index contributed by atoms with van der Waals surface area (Å²) in [5.74, 6) is 0. The number of benzene rings is 1. The number of alkyl carbamates (subject to hydrolysis) is 1. The molecule has 1 aromatic carbocycles. The first-order valence-corrected chi connectivity index (χ1v) is 7.05. The monoisotopic (exact) mass is 289 g/mol. The van der Waals surface area contributed by atoms with Gasteiger partial charge in [-0.3, -0.25) is 0 Å². The first-order valence-electron chi connectivity index (χ1n) is 7.05. The van der Waals surface area contributed by atoms with Crippen molar-refractivity contribution in [2.24, 2.45) is 12.8 Å². The van der Waals surface area contributed by atoms with Crippen LogP contribution in [0.3, 0.4) is 0 Å². The summed E-state index contributed by atoms with van der Waals surface area (Å²) in [6, 6.07) is 9.86. The largest absolute Gasteiger partial charge is 0.444 e. The van der Waals surface area contributed by atoms with Crippen LogP contribution in [0.5, 0.6) is 0 Å². The molecule has 1 atom stereocenters. The number of carbonyl (C=O) groups excluding carboxylic acids is 1. The lowest BCUT2D eigenvalue weighted by Crippen LogP contribution is -2.37. The molecule has 0 saturated heterocycles. The Hall–Kier alpha value is -2.01. The van der Waals surface area contributed by atoms with Gasteiger partial charge in [0.25, 0.3) is 0 Å². The summed E-state index contributed by atoms with van der Waals surface area (Å²) in [6.45, 7) is 5.82. The van der Waals surface area contributed by atoms with Crippen LogP contribution in [-0.4, -0.2) is 22.8 Å². The normalized spacial score (nSPS) is 13.2. The summed E-state index contributed by atoms with van der Waals surface area (Å²) in [5, 5.41) is 3.85. The number of amides is 1. The Labute approximate surface area is 125 Å². The molecule has 0 aliphatic heterocycles. The predicted molar refractivity (Wildman–Crippen MR) is 84.1 cm³/mol. The maximum absolute atomic E-state index is 11.7. The summed E-state index contributed by atoms with van der Waals surface area (Å²) in [5.41, 5.74) is 7.78. The number of aryl methyl sites for hydroxylation is 1. The molecule has 2 rings (SSSR count). The average molecular weight is 289 g/mol. The zero-order valence-corrected chi connectivity index (χ0v) is 13.0. The summed E-state index contributed by atoms with van der Waals surface area (Å²) >= 11 is 0. The minimum absolute atomic E-state index is 0.282. The number of ether oxygens (including phenoxy) is 1. The number of carbonyl (C=O) groups is 1. The second-order valence-electron chi connectivity index (χ2n) is 6.18. The molecule has 1 heterocycles. The number of para-hydroxylation sites is 1. The standard InChI is InChI=1S/C16H23N3O2/c1-16(2,3)21-15(20)18-10-12(17)14-9-11-7-5-6-8-13(11)19(14)4/h5-9,12H,10,17H2,1-4H3,(H,18,20). The Morgan fingerprint density at radius 3 is 2.67 bits per heavy atom. The highest BCUT2D eigenvalue weighted by molar-refractivity contribution is 5.81. The van der Waals surface area contributed by atoms with Gasteiger partial charge < -0.3 is 20.4 Å². The number of rotatable bonds is 3. The molecular weight excluding hydrogens is 266 g/mol. The van der Waals surface area contributed by atoms with Crippen molar-refractivity contribution in [3.05, 3.63) is 36.0 Å². The first-order chi connectivity index (χ1) is 9.78. The number of nitrogens with two attached hydrogens (primary N) is 1. The lowest BCUT2D eigenvalue weighted by molar-refractivity contribution is 0.0524. The van der Waals surface area contributed by atoms with Crippen LogP contribution in [0.4, 0.5) is 4.79 Å². The van der Waals surface area contributed by atoms with Crippen molar-refractivity contribution in [2.45, 2.75) is 32.4 Å². The summed E-state index contributed by atoms with van der Waals surface area (Å²) < 4.78 is 7.25. The number of fused-ring (bicyclic) bond motifs is 1. The van der Waals surface area contributed by atoms with Gasteiger partial charge in [0, 0.05) is 24.8 Å². The van der Waals surface area contributed by atoms with Crippen molar-refractivity contribution in [2.75, 3.05) is 6.54 Å². The number of hydrogen-bond donors (Lipinski definition) is 2. The maximum atomic E-state index is 11.7. The van der Waals surface area contributed by atoms with E-state index in [1.807, 2.05) is 52.1 Å². The molecular formula is C16H23N3O2. The number of nitrogens with one attached hydrogen (secondary N) is 1. The fourth-order valence-corrected chi connectivity index (χ4v) is 2.28. The molecule has 1 unspecified atom stereocenters. The van der Waals surface area contributed by atoms with Gasteiger partial charge in [-0.1, -0.05) is 18.2 Å².